The third kappa shape index (κ3) is 3.82. The van der Waals surface area contributed by atoms with E-state index in [0.717, 1.165) is 25.7 Å². The second kappa shape index (κ2) is 8.75. The number of carbonyl (C=O) groups excluding carboxylic acids is 3. The standard InChI is InChI=1S/C27H38FNO4/c1-5-6-7-10-29-25(33)24(32)22-15(2)11-18-17-13-20(28)19-12-16(30)8-9-26(19,3)23(17)21(31)14-27(18,22)4/h8-9,12,15,17-18,20-23,31H,5-7,10-11,13-14H2,1-4H3,(H,29,33)/t15-,17+,18+,20+,21+,22-,23-,26+,27+/m1/s1. The number of hydrogen-bond acceptors (Lipinski definition) is 4. The minimum absolute atomic E-state index is 0.00822. The molecule has 0 aromatic rings. The largest absolute Gasteiger partial charge is 0.393 e. The molecule has 182 valence electrons. The number of aliphatic hydroxyl groups excluding tert-OH is 1. The summed E-state index contributed by atoms with van der Waals surface area (Å²) in [5.41, 5.74) is -0.786. The molecule has 2 N–H and O–H groups in total. The van der Waals surface area contributed by atoms with Crippen molar-refractivity contribution in [2.75, 3.05) is 6.54 Å². The fourth-order valence-electron chi connectivity index (χ4n) is 8.07. The zero-order chi connectivity index (χ0) is 24.1. The number of Topliss-reactive ketones (excluding diaryl/α,β-unsaturated/α-hetero) is 1. The molecular weight excluding hydrogens is 421 g/mol. The van der Waals surface area contributed by atoms with Crippen molar-refractivity contribution in [1.29, 1.82) is 0 Å². The van der Waals surface area contributed by atoms with Crippen molar-refractivity contribution in [3.8, 4) is 0 Å². The lowest BCUT2D eigenvalue weighted by molar-refractivity contribution is -0.151. The lowest BCUT2D eigenvalue weighted by atomic mass is 9.46. The fraction of sp³-hybridized carbons (Fsp3) is 0.741. The van der Waals surface area contributed by atoms with E-state index in [0.29, 0.717) is 18.5 Å². The van der Waals surface area contributed by atoms with Gasteiger partial charge in [0.1, 0.15) is 6.17 Å². The van der Waals surface area contributed by atoms with Crippen LogP contribution in [0.5, 0.6) is 0 Å². The van der Waals surface area contributed by atoms with Crippen molar-refractivity contribution in [2.24, 2.45) is 40.4 Å². The van der Waals surface area contributed by atoms with Gasteiger partial charge in [-0.25, -0.2) is 4.39 Å². The molecule has 33 heavy (non-hydrogen) atoms. The van der Waals surface area contributed by atoms with Gasteiger partial charge in [0.25, 0.3) is 5.91 Å². The Morgan fingerprint density at radius 2 is 1.97 bits per heavy atom. The topological polar surface area (TPSA) is 83.5 Å². The molecule has 4 aliphatic carbocycles. The summed E-state index contributed by atoms with van der Waals surface area (Å²) in [6.45, 7) is 8.55. The van der Waals surface area contributed by atoms with Crippen molar-refractivity contribution in [3.63, 3.8) is 0 Å². The van der Waals surface area contributed by atoms with Gasteiger partial charge in [-0.15, -0.1) is 0 Å². The fourth-order valence-corrected chi connectivity index (χ4v) is 8.07. The lowest BCUT2D eigenvalue weighted by Crippen LogP contribution is -2.58. The smallest absolute Gasteiger partial charge is 0.287 e. The minimum atomic E-state index is -1.24. The SMILES string of the molecule is CCCCCNC(=O)C(=O)[C@H]1[C@H](C)C[C@H]2[C@@H]3C[C@H](F)C4=CC(=O)C=C[C@]4(C)[C@H]3[C@@H](O)C[C@@]21C. The predicted octanol–water partition coefficient (Wildman–Crippen LogP) is 3.95. The van der Waals surface area contributed by atoms with Crippen LogP contribution in [0.1, 0.15) is 66.2 Å². The molecule has 0 radical (unpaired) electrons. The highest BCUT2D eigenvalue weighted by Crippen LogP contribution is 2.67. The quantitative estimate of drug-likeness (QED) is 0.465. The first kappa shape index (κ1) is 24.3. The first-order valence-electron chi connectivity index (χ1n) is 12.6. The summed E-state index contributed by atoms with van der Waals surface area (Å²) in [4.78, 5) is 38.0. The van der Waals surface area contributed by atoms with Crippen LogP contribution >= 0.6 is 0 Å². The maximum atomic E-state index is 15.4. The van der Waals surface area contributed by atoms with Gasteiger partial charge in [0, 0.05) is 23.8 Å². The molecule has 0 bridgehead atoms. The summed E-state index contributed by atoms with van der Waals surface area (Å²) in [6, 6.07) is 0. The van der Waals surface area contributed by atoms with E-state index < -0.39 is 40.7 Å². The first-order valence-corrected chi connectivity index (χ1v) is 12.6. The van der Waals surface area contributed by atoms with Gasteiger partial charge >= 0.3 is 0 Å². The number of allylic oxidation sites excluding steroid dienone is 4. The van der Waals surface area contributed by atoms with E-state index in [1.54, 1.807) is 6.08 Å². The van der Waals surface area contributed by atoms with Crippen LogP contribution in [0.4, 0.5) is 4.39 Å². The van der Waals surface area contributed by atoms with E-state index in [4.69, 9.17) is 0 Å². The molecule has 5 nitrogen and oxygen atoms in total. The summed E-state index contributed by atoms with van der Waals surface area (Å²) in [5, 5.41) is 14.2. The van der Waals surface area contributed by atoms with Crippen LogP contribution in [0, 0.1) is 40.4 Å². The molecule has 0 aliphatic heterocycles. The van der Waals surface area contributed by atoms with Gasteiger partial charge in [-0.05, 0) is 66.6 Å². The normalized spacial score (nSPS) is 43.9. The molecular formula is C27H38FNO4. The molecule has 0 unspecified atom stereocenters. The Morgan fingerprint density at radius 1 is 1.24 bits per heavy atom. The number of halogens is 1. The van der Waals surface area contributed by atoms with Crippen LogP contribution in [0.3, 0.4) is 0 Å². The molecule has 4 aliphatic rings. The van der Waals surface area contributed by atoms with Crippen LogP contribution in [-0.4, -0.2) is 41.4 Å². The second-order valence-corrected chi connectivity index (χ2v) is 11.4. The third-order valence-corrected chi connectivity index (χ3v) is 9.39. The van der Waals surface area contributed by atoms with Gasteiger partial charge in [-0.3, -0.25) is 14.4 Å². The summed E-state index contributed by atoms with van der Waals surface area (Å²) in [5.74, 6) is -1.88. The molecule has 3 fully saturated rings. The molecule has 0 spiro atoms. The van der Waals surface area contributed by atoms with Crippen molar-refractivity contribution >= 4 is 17.5 Å². The van der Waals surface area contributed by atoms with Gasteiger partial charge in [0.15, 0.2) is 5.78 Å². The monoisotopic (exact) mass is 459 g/mol. The number of carbonyl (C=O) groups is 3. The van der Waals surface area contributed by atoms with Crippen molar-refractivity contribution in [3.05, 3.63) is 23.8 Å². The molecule has 9 atom stereocenters. The van der Waals surface area contributed by atoms with E-state index in [-0.39, 0.29) is 35.9 Å². The first-order chi connectivity index (χ1) is 15.5. The molecule has 0 saturated heterocycles. The molecule has 4 rings (SSSR count). The Kier molecular flexibility index (Phi) is 6.45. The Bertz CT molecular complexity index is 897. The number of alkyl halides is 1. The van der Waals surface area contributed by atoms with Crippen LogP contribution < -0.4 is 5.32 Å². The van der Waals surface area contributed by atoms with E-state index in [1.807, 2.05) is 20.8 Å². The molecule has 3 saturated carbocycles. The Morgan fingerprint density at radius 3 is 2.67 bits per heavy atom. The molecule has 1 amide bonds. The number of aliphatic hydroxyl groups is 1. The highest BCUT2D eigenvalue weighted by atomic mass is 19.1. The number of fused-ring (bicyclic) bond motifs is 5. The van der Waals surface area contributed by atoms with Crippen LogP contribution in [-0.2, 0) is 14.4 Å². The summed E-state index contributed by atoms with van der Waals surface area (Å²) >= 11 is 0. The molecule has 0 aromatic heterocycles. The molecule has 0 heterocycles. The predicted molar refractivity (Wildman–Crippen MR) is 124 cm³/mol. The maximum absolute atomic E-state index is 15.4. The number of hydrogen-bond donors (Lipinski definition) is 2. The summed E-state index contributed by atoms with van der Waals surface area (Å²) < 4.78 is 15.4. The van der Waals surface area contributed by atoms with Crippen molar-refractivity contribution < 1.29 is 23.9 Å². The van der Waals surface area contributed by atoms with E-state index in [9.17, 15) is 19.5 Å². The van der Waals surface area contributed by atoms with Gasteiger partial charge < -0.3 is 10.4 Å². The number of amides is 1. The summed E-state index contributed by atoms with van der Waals surface area (Å²) in [6.07, 6.45) is 7.00. The van der Waals surface area contributed by atoms with E-state index >= 15 is 4.39 Å². The van der Waals surface area contributed by atoms with Gasteiger partial charge in [-0.2, -0.15) is 0 Å². The van der Waals surface area contributed by atoms with Crippen LogP contribution in [0.2, 0.25) is 0 Å². The van der Waals surface area contributed by atoms with E-state index in [1.165, 1.54) is 12.2 Å². The average Bonchev–Trinajstić information content (AvgIpc) is 3.01. The van der Waals surface area contributed by atoms with Gasteiger partial charge in [0.2, 0.25) is 5.78 Å². The average molecular weight is 460 g/mol. The van der Waals surface area contributed by atoms with Gasteiger partial charge in [-0.1, -0.05) is 46.6 Å². The van der Waals surface area contributed by atoms with E-state index in [2.05, 4.69) is 12.2 Å². The zero-order valence-corrected chi connectivity index (χ0v) is 20.3. The number of unbranched alkanes of at least 4 members (excludes halogenated alkanes) is 2. The lowest BCUT2D eigenvalue weighted by Gasteiger charge is -2.59. The van der Waals surface area contributed by atoms with Crippen LogP contribution in [0.25, 0.3) is 0 Å². The Labute approximate surface area is 196 Å². The Balaban J connectivity index is 1.61. The van der Waals surface area contributed by atoms with Crippen LogP contribution in [0.15, 0.2) is 23.8 Å². The second-order valence-electron chi connectivity index (χ2n) is 11.4. The summed E-state index contributed by atoms with van der Waals surface area (Å²) in [7, 11) is 0. The molecule has 0 aromatic carbocycles. The van der Waals surface area contributed by atoms with Crippen molar-refractivity contribution in [2.45, 2.75) is 78.5 Å². The maximum Gasteiger partial charge on any atom is 0.287 e. The Hall–Kier alpha value is -1.82. The highest BCUT2D eigenvalue weighted by molar-refractivity contribution is 6.37. The highest BCUT2D eigenvalue weighted by Gasteiger charge is 2.66. The zero-order valence-electron chi connectivity index (χ0n) is 20.3. The van der Waals surface area contributed by atoms with Gasteiger partial charge in [0.05, 0.1) is 6.10 Å². The third-order valence-electron chi connectivity index (χ3n) is 9.39. The number of rotatable bonds is 6. The number of ketones is 2. The minimum Gasteiger partial charge on any atom is -0.393 e. The molecule has 6 heteroatoms. The van der Waals surface area contributed by atoms with Crippen molar-refractivity contribution in [1.82, 2.24) is 5.32 Å². The number of nitrogens with one attached hydrogen (secondary N) is 1.